The van der Waals surface area contributed by atoms with E-state index in [0.717, 1.165) is 30.3 Å². The van der Waals surface area contributed by atoms with Gasteiger partial charge < -0.3 is 15.4 Å². The lowest BCUT2D eigenvalue weighted by Crippen LogP contribution is -2.62. The second-order valence-corrected chi connectivity index (χ2v) is 11.3. The van der Waals surface area contributed by atoms with Crippen molar-refractivity contribution in [1.29, 1.82) is 5.26 Å². The van der Waals surface area contributed by atoms with Crippen molar-refractivity contribution in [2.75, 3.05) is 30.3 Å². The molecular formula is C27H31F3N6O. The number of nitrogens with one attached hydrogen (secondary N) is 2. The Kier molecular flexibility index (Phi) is 6.14. The first kappa shape index (κ1) is 24.3. The Bertz CT molecular complexity index is 1180. The molecule has 7 nitrogen and oxygen atoms in total. The Balaban J connectivity index is 1.13. The summed E-state index contributed by atoms with van der Waals surface area (Å²) < 4.78 is 42.4. The van der Waals surface area contributed by atoms with E-state index >= 15 is 0 Å². The van der Waals surface area contributed by atoms with E-state index in [1.54, 1.807) is 12.1 Å². The van der Waals surface area contributed by atoms with Crippen LogP contribution in [0.3, 0.4) is 0 Å². The topological polar surface area (TPSA) is 86.1 Å². The molecule has 2 heterocycles. The molecule has 5 aliphatic rings. The first-order valence-electron chi connectivity index (χ1n) is 13.1. The highest BCUT2D eigenvalue weighted by Gasteiger charge is 2.56. The van der Waals surface area contributed by atoms with Crippen LogP contribution in [0.5, 0.6) is 5.75 Å². The van der Waals surface area contributed by atoms with Gasteiger partial charge in [-0.2, -0.15) is 10.2 Å². The Hall–Kier alpha value is -3.06. The Morgan fingerprint density at radius 2 is 1.86 bits per heavy atom. The van der Waals surface area contributed by atoms with E-state index in [-0.39, 0.29) is 23.7 Å². The number of halogens is 3. The average Bonchev–Trinajstić information content (AvgIpc) is 2.82. The van der Waals surface area contributed by atoms with Gasteiger partial charge >= 0.3 is 6.36 Å². The van der Waals surface area contributed by atoms with Crippen LogP contribution in [-0.4, -0.2) is 46.9 Å². The van der Waals surface area contributed by atoms with Crippen molar-refractivity contribution < 1.29 is 17.9 Å². The van der Waals surface area contributed by atoms with Gasteiger partial charge in [0, 0.05) is 24.7 Å². The standard InChI is InChI=1S/C27H31F3N6O/c28-27(29,30)37-22-5-2-1-4-18(22)14-32-25-33-15-21(13-31)24(35-25)34-16-26-10-17-8-19(11-26)23(20(9-17)12-26)36-6-3-7-36/h1-2,4-5,15,17,19-20,23H,3,6-12,14,16H2,(H2,32,33,34,35)/t17?,19-,20+,23+,26-. The first-order chi connectivity index (χ1) is 17.8. The maximum absolute atomic E-state index is 12.7. The van der Waals surface area contributed by atoms with E-state index in [4.69, 9.17) is 0 Å². The Labute approximate surface area is 214 Å². The summed E-state index contributed by atoms with van der Waals surface area (Å²) in [7, 11) is 0. The van der Waals surface area contributed by atoms with E-state index in [9.17, 15) is 18.4 Å². The van der Waals surface area contributed by atoms with Crippen molar-refractivity contribution in [1.82, 2.24) is 14.9 Å². The molecule has 0 spiro atoms. The molecule has 0 amide bonds. The minimum Gasteiger partial charge on any atom is -0.405 e. The van der Waals surface area contributed by atoms with Gasteiger partial charge in [-0.1, -0.05) is 18.2 Å². The van der Waals surface area contributed by atoms with Crippen LogP contribution in [0.1, 0.15) is 49.7 Å². The molecule has 4 saturated carbocycles. The van der Waals surface area contributed by atoms with Gasteiger partial charge in [0.1, 0.15) is 23.2 Å². The molecule has 37 heavy (non-hydrogen) atoms. The summed E-state index contributed by atoms with van der Waals surface area (Å²) >= 11 is 0. The molecule has 1 aromatic carbocycles. The van der Waals surface area contributed by atoms with Crippen molar-refractivity contribution in [3.05, 3.63) is 41.6 Å². The van der Waals surface area contributed by atoms with E-state index in [2.05, 4.69) is 36.3 Å². The van der Waals surface area contributed by atoms with Crippen molar-refractivity contribution >= 4 is 11.8 Å². The molecule has 1 unspecified atom stereocenters. The molecule has 10 heteroatoms. The largest absolute Gasteiger partial charge is 0.573 e. The van der Waals surface area contributed by atoms with Crippen molar-refractivity contribution in [2.45, 2.75) is 57.5 Å². The molecule has 5 atom stereocenters. The maximum atomic E-state index is 12.7. The summed E-state index contributed by atoms with van der Waals surface area (Å²) in [5.74, 6) is 2.78. The second-order valence-electron chi connectivity index (χ2n) is 11.3. The number of rotatable bonds is 8. The number of nitrogens with zero attached hydrogens (tertiary/aromatic N) is 4. The van der Waals surface area contributed by atoms with Crippen LogP contribution in [0.2, 0.25) is 0 Å². The third kappa shape index (κ3) is 4.93. The summed E-state index contributed by atoms with van der Waals surface area (Å²) in [6.07, 6.45) is 4.39. The fourth-order valence-electron chi connectivity index (χ4n) is 7.62. The third-order valence-electron chi connectivity index (χ3n) is 8.84. The summed E-state index contributed by atoms with van der Waals surface area (Å²) in [6.45, 7) is 3.33. The summed E-state index contributed by atoms with van der Waals surface area (Å²) in [4.78, 5) is 11.4. The molecule has 4 bridgehead atoms. The first-order valence-corrected chi connectivity index (χ1v) is 13.1. The predicted octanol–water partition coefficient (Wildman–Crippen LogP) is 5.17. The van der Waals surface area contributed by atoms with Gasteiger partial charge in [0.25, 0.3) is 0 Å². The van der Waals surface area contributed by atoms with Crippen molar-refractivity contribution in [2.24, 2.45) is 23.2 Å². The minimum absolute atomic E-state index is 0.0461. The number of nitriles is 1. The highest BCUT2D eigenvalue weighted by atomic mass is 19.4. The fourth-order valence-corrected chi connectivity index (χ4v) is 7.62. The SMILES string of the molecule is N#Cc1cnc(NCc2ccccc2OC(F)(F)F)nc1NC[C@]12CC3C[C@H](C1)[C@H](N1CCC1)[C@@H](C3)C2. The summed E-state index contributed by atoms with van der Waals surface area (Å²) in [5, 5.41) is 16.1. The van der Waals surface area contributed by atoms with Crippen LogP contribution in [0.25, 0.3) is 0 Å². The third-order valence-corrected chi connectivity index (χ3v) is 8.84. The maximum Gasteiger partial charge on any atom is 0.573 e. The molecular weight excluding hydrogens is 481 g/mol. The van der Waals surface area contributed by atoms with E-state index < -0.39 is 6.36 Å². The van der Waals surface area contributed by atoms with Crippen molar-refractivity contribution in [3.63, 3.8) is 0 Å². The fraction of sp³-hybridized carbons (Fsp3) is 0.593. The highest BCUT2D eigenvalue weighted by molar-refractivity contribution is 5.53. The van der Waals surface area contributed by atoms with Crippen molar-refractivity contribution in [3.8, 4) is 11.8 Å². The number of hydrogen-bond donors (Lipinski definition) is 2. The van der Waals surface area contributed by atoms with Crippen LogP contribution in [0.4, 0.5) is 24.9 Å². The van der Waals surface area contributed by atoms with E-state index in [1.807, 2.05) is 0 Å². The zero-order valence-corrected chi connectivity index (χ0v) is 20.6. The van der Waals surface area contributed by atoms with Crippen LogP contribution < -0.4 is 15.4 Å². The molecule has 5 fully saturated rings. The molecule has 1 saturated heterocycles. The molecule has 4 aliphatic carbocycles. The molecule has 1 aliphatic heterocycles. The number of hydrogen-bond acceptors (Lipinski definition) is 7. The lowest BCUT2D eigenvalue weighted by Gasteiger charge is -2.63. The summed E-state index contributed by atoms with van der Waals surface area (Å²) in [6, 6.07) is 8.87. The quantitative estimate of drug-likeness (QED) is 0.505. The minimum atomic E-state index is -4.77. The molecule has 196 valence electrons. The Morgan fingerprint density at radius 3 is 2.54 bits per heavy atom. The second kappa shape index (κ2) is 9.35. The smallest absolute Gasteiger partial charge is 0.405 e. The summed E-state index contributed by atoms with van der Waals surface area (Å²) in [5.41, 5.74) is 0.916. The molecule has 2 aromatic rings. The highest BCUT2D eigenvalue weighted by Crippen LogP contribution is 2.61. The normalized spacial score (nSPS) is 30.4. The number of likely N-dealkylation sites (tertiary alicyclic amines) is 1. The molecule has 7 rings (SSSR count). The number of aromatic nitrogens is 2. The van der Waals surface area contributed by atoms with Crippen LogP contribution >= 0.6 is 0 Å². The lowest BCUT2D eigenvalue weighted by atomic mass is 9.47. The zero-order chi connectivity index (χ0) is 25.6. The number of benzene rings is 1. The number of anilines is 2. The monoisotopic (exact) mass is 512 g/mol. The predicted molar refractivity (Wildman–Crippen MR) is 132 cm³/mol. The van der Waals surface area contributed by atoms with Gasteiger partial charge in [-0.15, -0.1) is 13.2 Å². The average molecular weight is 513 g/mol. The molecule has 2 N–H and O–H groups in total. The lowest BCUT2D eigenvalue weighted by molar-refractivity contribution is -0.274. The van der Waals surface area contributed by atoms with Gasteiger partial charge in [-0.05, 0) is 80.8 Å². The van der Waals surface area contributed by atoms with Crippen LogP contribution in [0, 0.1) is 34.5 Å². The van der Waals surface area contributed by atoms with E-state index in [0.29, 0.717) is 16.9 Å². The van der Waals surface area contributed by atoms with Gasteiger partial charge in [-0.25, -0.2) is 4.98 Å². The van der Waals surface area contributed by atoms with Gasteiger partial charge in [0.05, 0.1) is 6.20 Å². The Morgan fingerprint density at radius 1 is 1.11 bits per heavy atom. The molecule has 1 aromatic heterocycles. The van der Waals surface area contributed by atoms with Gasteiger partial charge in [-0.3, -0.25) is 4.90 Å². The van der Waals surface area contributed by atoms with Gasteiger partial charge in [0.2, 0.25) is 5.95 Å². The van der Waals surface area contributed by atoms with E-state index in [1.165, 1.54) is 69.9 Å². The van der Waals surface area contributed by atoms with Crippen LogP contribution in [-0.2, 0) is 6.54 Å². The van der Waals surface area contributed by atoms with Gasteiger partial charge in [0.15, 0.2) is 0 Å². The zero-order valence-electron chi connectivity index (χ0n) is 20.6. The number of alkyl halides is 3. The number of para-hydroxylation sites is 1. The van der Waals surface area contributed by atoms with Crippen LogP contribution in [0.15, 0.2) is 30.5 Å². The number of ether oxygens (including phenoxy) is 1. The molecule has 0 radical (unpaired) electrons.